The number of rotatable bonds is 1. The van der Waals surface area contributed by atoms with Gasteiger partial charge in [-0.15, -0.1) is 0 Å². The number of fused-ring (bicyclic) bond motifs is 2. The van der Waals surface area contributed by atoms with Crippen molar-refractivity contribution in [1.82, 2.24) is 5.32 Å². The molecule has 0 aromatic heterocycles. The molecule has 2 nitrogen and oxygen atoms in total. The summed E-state index contributed by atoms with van der Waals surface area (Å²) in [6.45, 7) is 2.94. The molecule has 0 spiro atoms. The van der Waals surface area contributed by atoms with Gasteiger partial charge < -0.3 is 10.1 Å². The van der Waals surface area contributed by atoms with Crippen molar-refractivity contribution in [1.29, 1.82) is 0 Å². The van der Waals surface area contributed by atoms with Crippen LogP contribution in [0.3, 0.4) is 0 Å². The average Bonchev–Trinajstić information content (AvgIpc) is 2.80. The SMILES string of the molecule is C1COCC(C23CCC(CC2)C3)N1. The van der Waals surface area contributed by atoms with Crippen LogP contribution in [0.15, 0.2) is 0 Å². The quantitative estimate of drug-likeness (QED) is 0.663. The van der Waals surface area contributed by atoms with E-state index >= 15 is 0 Å². The summed E-state index contributed by atoms with van der Waals surface area (Å²) in [6.07, 6.45) is 7.36. The molecule has 3 aliphatic rings. The monoisotopic (exact) mass is 181 g/mol. The molecule has 1 unspecified atom stereocenters. The van der Waals surface area contributed by atoms with Gasteiger partial charge in [-0.25, -0.2) is 0 Å². The van der Waals surface area contributed by atoms with Crippen LogP contribution < -0.4 is 5.32 Å². The minimum absolute atomic E-state index is 0.644. The van der Waals surface area contributed by atoms with Crippen molar-refractivity contribution in [2.75, 3.05) is 19.8 Å². The van der Waals surface area contributed by atoms with E-state index in [2.05, 4.69) is 5.32 Å². The average molecular weight is 181 g/mol. The Bertz CT molecular complexity index is 190. The number of hydrogen-bond acceptors (Lipinski definition) is 2. The molecule has 1 saturated heterocycles. The molecule has 2 heteroatoms. The predicted octanol–water partition coefficient (Wildman–Crippen LogP) is 1.56. The molecular formula is C11H19NO. The molecule has 3 rings (SSSR count). The zero-order valence-electron chi connectivity index (χ0n) is 8.22. The third kappa shape index (κ3) is 1.23. The molecule has 0 radical (unpaired) electrons. The first-order valence-corrected chi connectivity index (χ1v) is 5.70. The van der Waals surface area contributed by atoms with Gasteiger partial charge in [-0.2, -0.15) is 0 Å². The normalized spacial score (nSPS) is 49.8. The molecule has 1 aliphatic heterocycles. The summed E-state index contributed by atoms with van der Waals surface area (Å²) in [5.74, 6) is 1.06. The molecule has 74 valence electrons. The fourth-order valence-electron chi connectivity index (χ4n) is 3.69. The highest BCUT2D eigenvalue weighted by atomic mass is 16.5. The van der Waals surface area contributed by atoms with Gasteiger partial charge in [0.15, 0.2) is 0 Å². The van der Waals surface area contributed by atoms with Gasteiger partial charge in [0, 0.05) is 12.6 Å². The van der Waals surface area contributed by atoms with Crippen molar-refractivity contribution in [2.24, 2.45) is 11.3 Å². The Labute approximate surface area is 80.0 Å². The van der Waals surface area contributed by atoms with E-state index in [0.29, 0.717) is 11.5 Å². The summed E-state index contributed by atoms with van der Waals surface area (Å²) in [4.78, 5) is 0. The maximum atomic E-state index is 5.58. The summed E-state index contributed by atoms with van der Waals surface area (Å²) in [5, 5.41) is 3.65. The van der Waals surface area contributed by atoms with Crippen molar-refractivity contribution >= 4 is 0 Å². The van der Waals surface area contributed by atoms with E-state index in [0.717, 1.165) is 25.7 Å². The van der Waals surface area contributed by atoms with Crippen LogP contribution in [0, 0.1) is 11.3 Å². The van der Waals surface area contributed by atoms with Crippen LogP contribution in [0.2, 0.25) is 0 Å². The fourth-order valence-corrected chi connectivity index (χ4v) is 3.69. The third-order valence-corrected chi connectivity index (χ3v) is 4.46. The van der Waals surface area contributed by atoms with E-state index in [9.17, 15) is 0 Å². The lowest BCUT2D eigenvalue weighted by Gasteiger charge is -2.38. The van der Waals surface area contributed by atoms with Crippen LogP contribution in [0.5, 0.6) is 0 Å². The molecule has 0 amide bonds. The Hall–Kier alpha value is -0.0800. The maximum Gasteiger partial charge on any atom is 0.0625 e. The lowest BCUT2D eigenvalue weighted by atomic mass is 9.77. The van der Waals surface area contributed by atoms with E-state index < -0.39 is 0 Å². The number of nitrogens with one attached hydrogen (secondary N) is 1. The molecule has 1 atom stereocenters. The second-order valence-electron chi connectivity index (χ2n) is 5.09. The topological polar surface area (TPSA) is 21.3 Å². The van der Waals surface area contributed by atoms with E-state index in [4.69, 9.17) is 4.74 Å². The number of morpholine rings is 1. The lowest BCUT2D eigenvalue weighted by molar-refractivity contribution is 0.0241. The van der Waals surface area contributed by atoms with Crippen LogP contribution in [-0.2, 0) is 4.74 Å². The van der Waals surface area contributed by atoms with Gasteiger partial charge >= 0.3 is 0 Å². The van der Waals surface area contributed by atoms with Gasteiger partial charge in [0.1, 0.15) is 0 Å². The van der Waals surface area contributed by atoms with Crippen molar-refractivity contribution in [3.05, 3.63) is 0 Å². The van der Waals surface area contributed by atoms with Crippen molar-refractivity contribution in [2.45, 2.75) is 38.1 Å². The fraction of sp³-hybridized carbons (Fsp3) is 1.00. The van der Waals surface area contributed by atoms with E-state index in [-0.39, 0.29) is 0 Å². The van der Waals surface area contributed by atoms with E-state index in [1.54, 1.807) is 0 Å². The Morgan fingerprint density at radius 3 is 2.62 bits per heavy atom. The van der Waals surface area contributed by atoms with E-state index in [1.165, 1.54) is 32.1 Å². The Morgan fingerprint density at radius 2 is 2.08 bits per heavy atom. The van der Waals surface area contributed by atoms with Gasteiger partial charge in [0.2, 0.25) is 0 Å². The molecule has 2 saturated carbocycles. The van der Waals surface area contributed by atoms with Gasteiger partial charge in [0.25, 0.3) is 0 Å². The van der Waals surface area contributed by atoms with Gasteiger partial charge in [-0.05, 0) is 43.4 Å². The molecule has 0 aromatic carbocycles. The predicted molar refractivity (Wildman–Crippen MR) is 51.6 cm³/mol. The summed E-state index contributed by atoms with van der Waals surface area (Å²) >= 11 is 0. The standard InChI is InChI=1S/C11H19NO/c1-3-11(4-2-9(1)7-11)10-8-13-6-5-12-10/h9-10,12H,1-8H2. The maximum absolute atomic E-state index is 5.58. The van der Waals surface area contributed by atoms with Crippen molar-refractivity contribution < 1.29 is 4.74 Å². The van der Waals surface area contributed by atoms with Crippen LogP contribution in [-0.4, -0.2) is 25.8 Å². The second kappa shape index (κ2) is 2.96. The molecule has 13 heavy (non-hydrogen) atoms. The summed E-state index contributed by atoms with van der Waals surface area (Å²) in [6, 6.07) is 0.675. The molecule has 1 heterocycles. The Kier molecular flexibility index (Phi) is 1.88. The highest BCUT2D eigenvalue weighted by Gasteiger charge is 2.49. The van der Waals surface area contributed by atoms with Gasteiger partial charge in [-0.3, -0.25) is 0 Å². The number of ether oxygens (including phenoxy) is 1. The van der Waals surface area contributed by atoms with Gasteiger partial charge in [-0.1, -0.05) is 0 Å². The minimum atomic E-state index is 0.644. The van der Waals surface area contributed by atoms with Gasteiger partial charge in [0.05, 0.1) is 13.2 Å². The molecule has 2 aliphatic carbocycles. The van der Waals surface area contributed by atoms with Crippen LogP contribution >= 0.6 is 0 Å². The zero-order chi connectivity index (χ0) is 8.73. The third-order valence-electron chi connectivity index (χ3n) is 4.46. The second-order valence-corrected chi connectivity index (χ2v) is 5.09. The number of hydrogen-bond donors (Lipinski definition) is 1. The summed E-state index contributed by atoms with van der Waals surface area (Å²) in [5.41, 5.74) is 0.644. The van der Waals surface area contributed by atoms with Crippen LogP contribution in [0.4, 0.5) is 0 Å². The Morgan fingerprint density at radius 1 is 1.23 bits per heavy atom. The minimum Gasteiger partial charge on any atom is -0.378 e. The van der Waals surface area contributed by atoms with Crippen LogP contribution in [0.1, 0.15) is 32.1 Å². The summed E-state index contributed by atoms with van der Waals surface area (Å²) in [7, 11) is 0. The molecular weight excluding hydrogens is 162 g/mol. The van der Waals surface area contributed by atoms with Crippen LogP contribution in [0.25, 0.3) is 0 Å². The lowest BCUT2D eigenvalue weighted by Crippen LogP contribution is -2.50. The smallest absolute Gasteiger partial charge is 0.0625 e. The van der Waals surface area contributed by atoms with Crippen molar-refractivity contribution in [3.8, 4) is 0 Å². The largest absolute Gasteiger partial charge is 0.378 e. The molecule has 2 bridgehead atoms. The summed E-state index contributed by atoms with van der Waals surface area (Å²) < 4.78 is 5.58. The first kappa shape index (κ1) is 8.25. The first-order chi connectivity index (χ1) is 6.39. The first-order valence-electron chi connectivity index (χ1n) is 5.70. The molecule has 1 N–H and O–H groups in total. The molecule has 3 fully saturated rings. The zero-order valence-corrected chi connectivity index (χ0v) is 8.22. The van der Waals surface area contributed by atoms with E-state index in [1.807, 2.05) is 0 Å². The molecule has 0 aromatic rings. The highest BCUT2D eigenvalue weighted by Crippen LogP contribution is 2.56. The Balaban J connectivity index is 1.75. The van der Waals surface area contributed by atoms with Crippen molar-refractivity contribution in [3.63, 3.8) is 0 Å². The highest BCUT2D eigenvalue weighted by molar-refractivity contribution is 5.03.